The second-order valence-electron chi connectivity index (χ2n) is 6.39. The molecule has 1 aliphatic rings. The number of aryl methyl sites for hydroxylation is 2. The van der Waals surface area contributed by atoms with Crippen molar-refractivity contribution in [2.75, 3.05) is 0 Å². The molecule has 4 nitrogen and oxygen atoms in total. The van der Waals surface area contributed by atoms with E-state index in [4.69, 9.17) is 4.42 Å². The summed E-state index contributed by atoms with van der Waals surface area (Å²) in [6.07, 6.45) is 1.75. The molecule has 1 aromatic heterocycles. The van der Waals surface area contributed by atoms with Crippen LogP contribution in [0.2, 0.25) is 0 Å². The van der Waals surface area contributed by atoms with Crippen LogP contribution in [0.3, 0.4) is 0 Å². The van der Waals surface area contributed by atoms with E-state index >= 15 is 0 Å². The number of benzene rings is 2. The molecule has 0 aliphatic carbocycles. The highest BCUT2D eigenvalue weighted by Crippen LogP contribution is 2.32. The molecule has 4 rings (SSSR count). The summed E-state index contributed by atoms with van der Waals surface area (Å²) in [5.41, 5.74) is 3.17. The van der Waals surface area contributed by atoms with Gasteiger partial charge in [0, 0.05) is 11.0 Å². The summed E-state index contributed by atoms with van der Waals surface area (Å²) in [6, 6.07) is 19.9. The molecule has 0 radical (unpaired) electrons. The molecule has 0 saturated carbocycles. The van der Waals surface area contributed by atoms with Crippen LogP contribution < -0.4 is 5.32 Å². The Hall–Kier alpha value is -2.70. The maximum atomic E-state index is 12.2. The molecular formula is C22H18N2O2S2. The second kappa shape index (κ2) is 8.12. The molecule has 0 bridgehead atoms. The monoisotopic (exact) mass is 406 g/mol. The first-order chi connectivity index (χ1) is 13.5. The average Bonchev–Trinajstić information content (AvgIpc) is 3.24. The minimum absolute atomic E-state index is 0.166. The van der Waals surface area contributed by atoms with Gasteiger partial charge in [-0.25, -0.2) is 4.99 Å². The zero-order valence-electron chi connectivity index (χ0n) is 15.4. The number of nitrogens with one attached hydrogen (secondary N) is 1. The van der Waals surface area contributed by atoms with E-state index in [1.165, 1.54) is 17.3 Å². The van der Waals surface area contributed by atoms with E-state index < -0.39 is 0 Å². The maximum absolute atomic E-state index is 12.2. The van der Waals surface area contributed by atoms with Gasteiger partial charge in [0.1, 0.15) is 5.76 Å². The Bertz CT molecular complexity index is 1080. The highest BCUT2D eigenvalue weighted by molar-refractivity contribution is 8.18. The predicted molar refractivity (Wildman–Crippen MR) is 116 cm³/mol. The quantitative estimate of drug-likeness (QED) is 0.545. The minimum atomic E-state index is -0.166. The molecule has 0 atom stereocenters. The van der Waals surface area contributed by atoms with Crippen LogP contribution in [0, 0.1) is 13.8 Å². The average molecular weight is 407 g/mol. The van der Waals surface area contributed by atoms with Crippen molar-refractivity contribution in [3.8, 4) is 0 Å². The lowest BCUT2D eigenvalue weighted by Gasteiger charge is -1.98. The van der Waals surface area contributed by atoms with E-state index in [2.05, 4.69) is 41.5 Å². The van der Waals surface area contributed by atoms with Crippen molar-refractivity contribution in [3.05, 3.63) is 82.5 Å². The first kappa shape index (κ1) is 18.7. The van der Waals surface area contributed by atoms with Crippen LogP contribution in [-0.4, -0.2) is 11.1 Å². The normalized spacial score (nSPS) is 16.7. The van der Waals surface area contributed by atoms with Crippen molar-refractivity contribution < 1.29 is 9.21 Å². The topological polar surface area (TPSA) is 54.6 Å². The standard InChI is InChI=1S/C22H18N2O2S2/c1-14-6-9-18(10-7-14)27-20-11-8-17(26-20)13-19-21(25)24-22(28-19)23-16-5-3-4-15(2)12-16/h3-13H,1-2H3,(H,23,24,25)/b19-13-. The number of hydrogen-bond acceptors (Lipinski definition) is 5. The van der Waals surface area contributed by atoms with Crippen molar-refractivity contribution in [1.82, 2.24) is 5.32 Å². The number of furan rings is 1. The number of carbonyl (C=O) groups excluding carboxylic acids is 1. The molecule has 6 heteroatoms. The molecule has 2 aromatic carbocycles. The number of hydrogen-bond donors (Lipinski definition) is 1. The number of rotatable bonds is 4. The lowest BCUT2D eigenvalue weighted by atomic mass is 10.2. The predicted octanol–water partition coefficient (Wildman–Crippen LogP) is 5.94. The zero-order chi connectivity index (χ0) is 19.5. The molecular weight excluding hydrogens is 388 g/mol. The van der Waals surface area contributed by atoms with Gasteiger partial charge < -0.3 is 9.73 Å². The van der Waals surface area contributed by atoms with Crippen LogP contribution >= 0.6 is 23.5 Å². The first-order valence-electron chi connectivity index (χ1n) is 8.76. The van der Waals surface area contributed by atoms with E-state index in [0.29, 0.717) is 15.8 Å². The number of nitrogens with zero attached hydrogens (tertiary/aromatic N) is 1. The van der Waals surface area contributed by atoms with E-state index in [0.717, 1.165) is 21.2 Å². The van der Waals surface area contributed by atoms with Gasteiger partial charge in [-0.2, -0.15) is 0 Å². The SMILES string of the molecule is Cc1ccc(Sc2ccc(/C=C3\SC(=Nc4cccc(C)c4)NC3=O)o2)cc1. The summed E-state index contributed by atoms with van der Waals surface area (Å²) in [6.45, 7) is 4.07. The molecule has 3 aromatic rings. The Kier molecular flexibility index (Phi) is 5.41. The van der Waals surface area contributed by atoms with Gasteiger partial charge >= 0.3 is 0 Å². The van der Waals surface area contributed by atoms with E-state index in [-0.39, 0.29) is 5.91 Å². The molecule has 0 spiro atoms. The zero-order valence-corrected chi connectivity index (χ0v) is 17.1. The van der Waals surface area contributed by atoms with Gasteiger partial charge in [-0.1, -0.05) is 41.6 Å². The third kappa shape index (κ3) is 4.58. The van der Waals surface area contributed by atoms with Gasteiger partial charge in [-0.05, 0) is 67.6 Å². The summed E-state index contributed by atoms with van der Waals surface area (Å²) in [7, 11) is 0. The molecule has 140 valence electrons. The summed E-state index contributed by atoms with van der Waals surface area (Å²) in [4.78, 5) is 18.4. The van der Waals surface area contributed by atoms with Crippen LogP contribution in [0.15, 0.2) is 85.0 Å². The molecule has 1 amide bonds. The highest BCUT2D eigenvalue weighted by atomic mass is 32.2. The molecule has 1 fully saturated rings. The first-order valence-corrected chi connectivity index (χ1v) is 10.4. The third-order valence-electron chi connectivity index (χ3n) is 4.00. The fourth-order valence-corrected chi connectivity index (χ4v) is 4.21. The number of thioether (sulfide) groups is 1. The van der Waals surface area contributed by atoms with Crippen molar-refractivity contribution in [1.29, 1.82) is 0 Å². The summed E-state index contributed by atoms with van der Waals surface area (Å²) in [5, 5.41) is 4.16. The minimum Gasteiger partial charge on any atom is -0.450 e. The second-order valence-corrected chi connectivity index (χ2v) is 8.50. The summed E-state index contributed by atoms with van der Waals surface area (Å²) in [5.74, 6) is 0.476. The van der Waals surface area contributed by atoms with Crippen molar-refractivity contribution in [2.45, 2.75) is 23.8 Å². The van der Waals surface area contributed by atoms with Gasteiger partial charge in [0.2, 0.25) is 0 Å². The Morgan fingerprint density at radius 3 is 2.64 bits per heavy atom. The van der Waals surface area contributed by atoms with Gasteiger partial charge in [0.15, 0.2) is 10.3 Å². The lowest BCUT2D eigenvalue weighted by Crippen LogP contribution is -2.19. The number of carbonyl (C=O) groups is 1. The van der Waals surface area contributed by atoms with E-state index in [1.807, 2.05) is 43.3 Å². The smallest absolute Gasteiger partial charge is 0.264 e. The molecule has 28 heavy (non-hydrogen) atoms. The number of aliphatic imine (C=N–C) groups is 1. The van der Waals surface area contributed by atoms with Crippen LogP contribution in [0.1, 0.15) is 16.9 Å². The number of amides is 1. The Labute approximate surface area is 172 Å². The highest BCUT2D eigenvalue weighted by Gasteiger charge is 2.24. The third-order valence-corrected chi connectivity index (χ3v) is 5.84. The van der Waals surface area contributed by atoms with Gasteiger partial charge in [0.05, 0.1) is 10.6 Å². The summed E-state index contributed by atoms with van der Waals surface area (Å²) >= 11 is 2.87. The molecule has 1 aliphatic heterocycles. The summed E-state index contributed by atoms with van der Waals surface area (Å²) < 4.78 is 5.85. The largest absolute Gasteiger partial charge is 0.450 e. The van der Waals surface area contributed by atoms with Crippen molar-refractivity contribution >= 4 is 46.4 Å². The molecule has 1 N–H and O–H groups in total. The van der Waals surface area contributed by atoms with Gasteiger partial charge in [-0.15, -0.1) is 0 Å². The molecule has 0 unspecified atom stereocenters. The van der Waals surface area contributed by atoms with Crippen molar-refractivity contribution in [2.24, 2.45) is 4.99 Å². The molecule has 1 saturated heterocycles. The van der Waals surface area contributed by atoms with Gasteiger partial charge in [-0.3, -0.25) is 4.79 Å². The number of amidine groups is 1. The van der Waals surface area contributed by atoms with Gasteiger partial charge in [0.25, 0.3) is 5.91 Å². The van der Waals surface area contributed by atoms with Crippen LogP contribution in [-0.2, 0) is 4.79 Å². The van der Waals surface area contributed by atoms with Crippen LogP contribution in [0.5, 0.6) is 0 Å². The lowest BCUT2D eigenvalue weighted by molar-refractivity contribution is -0.115. The fraction of sp³-hybridized carbons (Fsp3) is 0.0909. The molecule has 2 heterocycles. The van der Waals surface area contributed by atoms with Crippen LogP contribution in [0.25, 0.3) is 6.08 Å². The Morgan fingerprint density at radius 2 is 1.86 bits per heavy atom. The van der Waals surface area contributed by atoms with E-state index in [1.54, 1.807) is 17.8 Å². The van der Waals surface area contributed by atoms with Crippen LogP contribution in [0.4, 0.5) is 5.69 Å². The van der Waals surface area contributed by atoms with E-state index in [9.17, 15) is 4.79 Å². The Morgan fingerprint density at radius 1 is 1.04 bits per heavy atom. The van der Waals surface area contributed by atoms with Crippen molar-refractivity contribution in [3.63, 3.8) is 0 Å². The maximum Gasteiger partial charge on any atom is 0.264 e. The fourth-order valence-electron chi connectivity index (χ4n) is 2.61. The Balaban J connectivity index is 1.48.